The largest absolute Gasteiger partial charge is 0.497 e. The average Bonchev–Trinajstić information content (AvgIpc) is 3.37. The van der Waals surface area contributed by atoms with Gasteiger partial charge in [-0.05, 0) is 30.7 Å². The fraction of sp³-hybridized carbons (Fsp3) is 0.174. The van der Waals surface area contributed by atoms with E-state index >= 15 is 0 Å². The van der Waals surface area contributed by atoms with E-state index in [1.54, 1.807) is 19.4 Å². The third kappa shape index (κ3) is 4.49. The fourth-order valence-electron chi connectivity index (χ4n) is 3.18. The second kappa shape index (κ2) is 9.09. The Morgan fingerprint density at radius 1 is 1.13 bits per heavy atom. The number of carbonyl (C=O) groups is 1. The van der Waals surface area contributed by atoms with Gasteiger partial charge in [-0.2, -0.15) is 0 Å². The van der Waals surface area contributed by atoms with Gasteiger partial charge in [-0.25, -0.2) is 0 Å². The number of nitrogens with zero attached hydrogens (tertiary/aromatic N) is 3. The zero-order valence-electron chi connectivity index (χ0n) is 17.4. The lowest BCUT2D eigenvalue weighted by molar-refractivity contribution is -0.115. The number of methoxy groups -OCH3 is 1. The van der Waals surface area contributed by atoms with Crippen molar-refractivity contribution >= 4 is 23.4 Å². The van der Waals surface area contributed by atoms with Gasteiger partial charge in [-0.3, -0.25) is 4.79 Å². The number of benzene rings is 2. The molecule has 0 spiro atoms. The molecular formula is C23H22N4O3S. The van der Waals surface area contributed by atoms with Gasteiger partial charge in [0.15, 0.2) is 11.0 Å². The van der Waals surface area contributed by atoms with Crippen LogP contribution >= 0.6 is 11.8 Å². The molecule has 0 aliphatic carbocycles. The van der Waals surface area contributed by atoms with Crippen LogP contribution in [-0.2, 0) is 11.8 Å². The third-order valence-corrected chi connectivity index (χ3v) is 6.12. The molecule has 0 radical (unpaired) electrons. The predicted octanol–water partition coefficient (Wildman–Crippen LogP) is 4.86. The molecule has 4 rings (SSSR count). The molecule has 0 saturated heterocycles. The number of carbonyl (C=O) groups excluding carboxylic acids is 1. The smallest absolute Gasteiger partial charge is 0.242 e. The Kier molecular flexibility index (Phi) is 6.08. The first-order chi connectivity index (χ1) is 15.1. The molecule has 0 fully saturated rings. The van der Waals surface area contributed by atoms with Gasteiger partial charge in [0.1, 0.15) is 16.8 Å². The summed E-state index contributed by atoms with van der Waals surface area (Å²) in [6.45, 7) is 1.88. The van der Waals surface area contributed by atoms with Crippen LogP contribution in [0, 0.1) is 6.92 Å². The van der Waals surface area contributed by atoms with Crippen molar-refractivity contribution in [2.45, 2.75) is 17.3 Å². The Bertz CT molecular complexity index is 1190. The minimum atomic E-state index is -0.520. The number of ether oxygens (including phenoxy) is 1. The molecule has 2 heterocycles. The molecule has 31 heavy (non-hydrogen) atoms. The number of hydrogen-bond donors (Lipinski definition) is 1. The topological polar surface area (TPSA) is 82.2 Å². The second-order valence-electron chi connectivity index (χ2n) is 6.89. The minimum absolute atomic E-state index is 0.159. The zero-order chi connectivity index (χ0) is 21.8. The van der Waals surface area contributed by atoms with Gasteiger partial charge in [0.2, 0.25) is 5.91 Å². The number of aromatic nitrogens is 3. The molecule has 0 bridgehead atoms. The molecule has 2 aromatic heterocycles. The van der Waals surface area contributed by atoms with Crippen LogP contribution < -0.4 is 10.1 Å². The van der Waals surface area contributed by atoms with Crippen molar-refractivity contribution in [3.8, 4) is 17.1 Å². The van der Waals surface area contributed by atoms with E-state index in [-0.39, 0.29) is 5.91 Å². The molecule has 1 atom stereocenters. The highest BCUT2D eigenvalue weighted by Crippen LogP contribution is 2.37. The lowest BCUT2D eigenvalue weighted by Gasteiger charge is -2.17. The Hall–Kier alpha value is -3.52. The van der Waals surface area contributed by atoms with Crippen LogP contribution in [-0.4, -0.2) is 27.8 Å². The van der Waals surface area contributed by atoms with Crippen LogP contribution in [0.3, 0.4) is 0 Å². The first-order valence-electron chi connectivity index (χ1n) is 9.67. The summed E-state index contributed by atoms with van der Waals surface area (Å²) >= 11 is 1.35. The maximum Gasteiger partial charge on any atom is 0.242 e. The molecule has 0 saturated carbocycles. The Balaban J connectivity index is 1.63. The lowest BCUT2D eigenvalue weighted by atomic mass is 10.1. The van der Waals surface area contributed by atoms with Crippen molar-refractivity contribution in [1.29, 1.82) is 0 Å². The van der Waals surface area contributed by atoms with Crippen molar-refractivity contribution in [3.63, 3.8) is 0 Å². The van der Waals surface area contributed by atoms with E-state index < -0.39 is 5.25 Å². The summed E-state index contributed by atoms with van der Waals surface area (Å²) < 4.78 is 12.5. The van der Waals surface area contributed by atoms with Gasteiger partial charge >= 0.3 is 0 Å². The lowest BCUT2D eigenvalue weighted by Crippen LogP contribution is -2.19. The molecule has 0 aliphatic heterocycles. The highest BCUT2D eigenvalue weighted by molar-refractivity contribution is 8.00. The Morgan fingerprint density at radius 2 is 1.94 bits per heavy atom. The quantitative estimate of drug-likeness (QED) is 0.418. The van der Waals surface area contributed by atoms with Crippen LogP contribution in [0.2, 0.25) is 0 Å². The van der Waals surface area contributed by atoms with Crippen molar-refractivity contribution in [1.82, 2.24) is 14.8 Å². The zero-order valence-corrected chi connectivity index (χ0v) is 18.2. The summed E-state index contributed by atoms with van der Waals surface area (Å²) in [5.74, 6) is 1.97. The van der Waals surface area contributed by atoms with Gasteiger partial charge in [0.05, 0.1) is 18.9 Å². The maximum absolute atomic E-state index is 13.3. The number of thioether (sulfide) groups is 1. The molecular weight excluding hydrogens is 412 g/mol. The van der Waals surface area contributed by atoms with E-state index in [9.17, 15) is 4.79 Å². The minimum Gasteiger partial charge on any atom is -0.497 e. The number of hydrogen-bond acceptors (Lipinski definition) is 6. The predicted molar refractivity (Wildman–Crippen MR) is 120 cm³/mol. The van der Waals surface area contributed by atoms with E-state index in [1.165, 1.54) is 11.8 Å². The fourth-order valence-corrected chi connectivity index (χ4v) is 4.19. The first-order valence-corrected chi connectivity index (χ1v) is 10.5. The van der Waals surface area contributed by atoms with Gasteiger partial charge in [-0.1, -0.05) is 48.2 Å². The van der Waals surface area contributed by atoms with Crippen LogP contribution in [0.5, 0.6) is 5.75 Å². The summed E-state index contributed by atoms with van der Waals surface area (Å²) in [5.41, 5.74) is 2.41. The van der Waals surface area contributed by atoms with Crippen molar-refractivity contribution < 1.29 is 13.9 Å². The van der Waals surface area contributed by atoms with Gasteiger partial charge in [0, 0.05) is 18.8 Å². The average molecular weight is 435 g/mol. The van der Waals surface area contributed by atoms with Gasteiger partial charge < -0.3 is 19.0 Å². The first kappa shape index (κ1) is 20.7. The SMILES string of the molecule is COc1cccc(NC(=O)[C@H](Sc2nnc(-c3ccoc3C)n2C)c2ccccc2)c1. The number of rotatable bonds is 7. The Labute approximate surface area is 184 Å². The highest BCUT2D eigenvalue weighted by atomic mass is 32.2. The number of anilines is 1. The highest BCUT2D eigenvalue weighted by Gasteiger charge is 2.26. The number of aryl methyl sites for hydroxylation is 1. The second-order valence-corrected chi connectivity index (χ2v) is 7.96. The van der Waals surface area contributed by atoms with Gasteiger partial charge in [-0.15, -0.1) is 10.2 Å². The molecule has 1 amide bonds. The maximum atomic E-state index is 13.3. The normalized spacial score (nSPS) is 11.8. The summed E-state index contributed by atoms with van der Waals surface area (Å²) in [6, 6.07) is 18.8. The van der Waals surface area contributed by atoms with E-state index in [4.69, 9.17) is 9.15 Å². The molecule has 4 aromatic rings. The van der Waals surface area contributed by atoms with Gasteiger partial charge in [0.25, 0.3) is 0 Å². The van der Waals surface area contributed by atoms with E-state index in [0.29, 0.717) is 22.4 Å². The molecule has 158 valence electrons. The van der Waals surface area contributed by atoms with Crippen molar-refractivity contribution in [3.05, 3.63) is 78.3 Å². The molecule has 0 aliphatic rings. The van der Waals surface area contributed by atoms with Crippen molar-refractivity contribution in [2.24, 2.45) is 7.05 Å². The molecule has 1 N–H and O–H groups in total. The Morgan fingerprint density at radius 3 is 2.65 bits per heavy atom. The summed E-state index contributed by atoms with van der Waals surface area (Å²) in [6.07, 6.45) is 1.63. The number of amides is 1. The van der Waals surface area contributed by atoms with E-state index in [0.717, 1.165) is 16.9 Å². The third-order valence-electron chi connectivity index (χ3n) is 4.84. The van der Waals surface area contributed by atoms with E-state index in [1.807, 2.05) is 73.1 Å². The molecule has 2 aromatic carbocycles. The van der Waals surface area contributed by atoms with E-state index in [2.05, 4.69) is 15.5 Å². The molecule has 8 heteroatoms. The number of nitrogens with one attached hydrogen (secondary N) is 1. The van der Waals surface area contributed by atoms with Crippen LogP contribution in [0.1, 0.15) is 16.6 Å². The van der Waals surface area contributed by atoms with Crippen LogP contribution in [0.4, 0.5) is 5.69 Å². The van der Waals surface area contributed by atoms with Crippen molar-refractivity contribution in [2.75, 3.05) is 12.4 Å². The monoisotopic (exact) mass is 434 g/mol. The standard InChI is InChI=1S/C23H22N4O3S/c1-15-19(12-13-30-15)21-25-26-23(27(21)2)31-20(16-8-5-4-6-9-16)22(28)24-17-10-7-11-18(14-17)29-3/h4-14,20H,1-3H3,(H,24,28)/t20-/m1/s1. The summed E-state index contributed by atoms with van der Waals surface area (Å²) in [5, 5.41) is 11.7. The summed E-state index contributed by atoms with van der Waals surface area (Å²) in [4.78, 5) is 13.3. The molecule has 7 nitrogen and oxygen atoms in total. The van der Waals surface area contributed by atoms with Crippen LogP contribution in [0.25, 0.3) is 11.4 Å². The summed E-state index contributed by atoms with van der Waals surface area (Å²) in [7, 11) is 3.48. The van der Waals surface area contributed by atoms with Crippen LogP contribution in [0.15, 0.2) is 76.5 Å². The molecule has 0 unspecified atom stereocenters. The number of furan rings is 1.